The lowest BCUT2D eigenvalue weighted by Gasteiger charge is -2.45. The van der Waals surface area contributed by atoms with Gasteiger partial charge in [0.05, 0.1) is 37.7 Å². The first kappa shape index (κ1) is 20.5. The molecular weight excluding hydrogens is 408 g/mol. The maximum atomic E-state index is 13.4. The lowest BCUT2D eigenvalue weighted by Crippen LogP contribution is -2.48. The summed E-state index contributed by atoms with van der Waals surface area (Å²) in [4.78, 5) is 19.3. The number of hydrogen-bond donors (Lipinski definition) is 0. The molecule has 32 heavy (non-hydrogen) atoms. The molecular formula is C24H26N4O4. The van der Waals surface area contributed by atoms with Gasteiger partial charge in [0.15, 0.2) is 11.5 Å². The molecule has 2 aromatic carbocycles. The number of hydrogen-bond acceptors (Lipinski definition) is 6. The van der Waals surface area contributed by atoms with Crippen molar-refractivity contribution in [3.63, 3.8) is 0 Å². The van der Waals surface area contributed by atoms with Crippen LogP contribution in [-0.2, 0) is 16.8 Å². The van der Waals surface area contributed by atoms with Crippen LogP contribution in [0.2, 0.25) is 0 Å². The third-order valence-corrected chi connectivity index (χ3v) is 6.51. The van der Waals surface area contributed by atoms with E-state index in [1.54, 1.807) is 25.2 Å². The Labute approximate surface area is 186 Å². The minimum absolute atomic E-state index is 0.00528. The lowest BCUT2D eigenvalue weighted by molar-refractivity contribution is -0.0936. The van der Waals surface area contributed by atoms with Gasteiger partial charge in [-0.05, 0) is 54.7 Å². The van der Waals surface area contributed by atoms with Gasteiger partial charge >= 0.3 is 0 Å². The molecule has 0 aliphatic carbocycles. The van der Waals surface area contributed by atoms with Crippen LogP contribution >= 0.6 is 0 Å². The zero-order valence-corrected chi connectivity index (χ0v) is 18.3. The fourth-order valence-corrected chi connectivity index (χ4v) is 4.83. The van der Waals surface area contributed by atoms with E-state index >= 15 is 0 Å². The highest BCUT2D eigenvalue weighted by Gasteiger charge is 2.42. The standard InChI is InChI=1S/C24H26N4O4/c1-30-21-13-17-7-12-32-24(19(17)14-22(21)31-2)8-10-27(11-9-24)23(29)18-5-3-4-6-20(18)28-16-25-15-26-28/h3-6,13-16H,7-12H2,1-2H3. The van der Waals surface area contributed by atoms with Crippen LogP contribution < -0.4 is 9.47 Å². The first-order valence-corrected chi connectivity index (χ1v) is 10.8. The highest BCUT2D eigenvalue weighted by atomic mass is 16.5. The Morgan fingerprint density at radius 2 is 1.84 bits per heavy atom. The Balaban J connectivity index is 1.40. The van der Waals surface area contributed by atoms with Crippen LogP contribution in [-0.4, -0.2) is 59.5 Å². The summed E-state index contributed by atoms with van der Waals surface area (Å²) < 4.78 is 19.0. The molecule has 1 spiro atoms. The fraction of sp³-hybridized carbons (Fsp3) is 0.375. The average molecular weight is 434 g/mol. The summed E-state index contributed by atoms with van der Waals surface area (Å²) in [5.41, 5.74) is 3.31. The number of fused-ring (bicyclic) bond motifs is 2. The summed E-state index contributed by atoms with van der Waals surface area (Å²) in [6.45, 7) is 1.88. The number of amides is 1. The normalized spacial score (nSPS) is 17.1. The molecule has 3 aromatic rings. The summed E-state index contributed by atoms with van der Waals surface area (Å²) in [7, 11) is 3.30. The maximum Gasteiger partial charge on any atom is 0.256 e. The number of benzene rings is 2. The predicted molar refractivity (Wildman–Crippen MR) is 117 cm³/mol. The Morgan fingerprint density at radius 3 is 2.56 bits per heavy atom. The third kappa shape index (κ3) is 3.40. The zero-order valence-electron chi connectivity index (χ0n) is 18.3. The highest BCUT2D eigenvalue weighted by molar-refractivity contribution is 5.97. The number of carbonyl (C=O) groups is 1. The second kappa shape index (κ2) is 8.27. The number of piperidine rings is 1. The van der Waals surface area contributed by atoms with Crippen molar-refractivity contribution in [2.45, 2.75) is 24.9 Å². The number of nitrogens with zero attached hydrogens (tertiary/aromatic N) is 4. The van der Waals surface area contributed by atoms with Crippen LogP contribution in [0.4, 0.5) is 0 Å². The van der Waals surface area contributed by atoms with Gasteiger partial charge in [-0.2, -0.15) is 5.10 Å². The van der Waals surface area contributed by atoms with Crippen molar-refractivity contribution in [3.8, 4) is 17.2 Å². The van der Waals surface area contributed by atoms with Gasteiger partial charge in [0.2, 0.25) is 0 Å². The van der Waals surface area contributed by atoms with Gasteiger partial charge in [0, 0.05) is 13.1 Å². The monoisotopic (exact) mass is 434 g/mol. The van der Waals surface area contributed by atoms with E-state index in [2.05, 4.69) is 16.1 Å². The van der Waals surface area contributed by atoms with E-state index in [4.69, 9.17) is 14.2 Å². The van der Waals surface area contributed by atoms with Crippen molar-refractivity contribution in [2.75, 3.05) is 33.9 Å². The lowest BCUT2D eigenvalue weighted by atomic mass is 9.79. The second-order valence-electron chi connectivity index (χ2n) is 8.11. The number of methoxy groups -OCH3 is 2. The van der Waals surface area contributed by atoms with Gasteiger partial charge in [-0.3, -0.25) is 4.79 Å². The Hall–Kier alpha value is -3.39. The molecule has 0 radical (unpaired) electrons. The van der Waals surface area contributed by atoms with E-state index < -0.39 is 5.60 Å². The molecule has 1 fully saturated rings. The molecule has 0 bridgehead atoms. The number of likely N-dealkylation sites (tertiary alicyclic amines) is 1. The van der Waals surface area contributed by atoms with E-state index in [9.17, 15) is 4.79 Å². The summed E-state index contributed by atoms with van der Waals surface area (Å²) in [5.74, 6) is 1.44. The van der Waals surface area contributed by atoms with Crippen molar-refractivity contribution in [1.29, 1.82) is 0 Å². The number of aromatic nitrogens is 3. The van der Waals surface area contributed by atoms with E-state index in [-0.39, 0.29) is 5.91 Å². The average Bonchev–Trinajstić information content (AvgIpc) is 3.38. The van der Waals surface area contributed by atoms with Crippen LogP contribution in [0.3, 0.4) is 0 Å². The molecule has 0 atom stereocenters. The van der Waals surface area contributed by atoms with E-state index in [1.165, 1.54) is 11.9 Å². The number of ether oxygens (including phenoxy) is 3. The molecule has 8 heteroatoms. The summed E-state index contributed by atoms with van der Waals surface area (Å²) >= 11 is 0. The van der Waals surface area contributed by atoms with Crippen molar-refractivity contribution in [1.82, 2.24) is 19.7 Å². The molecule has 1 saturated heterocycles. The molecule has 2 aliphatic rings. The molecule has 0 N–H and O–H groups in total. The second-order valence-corrected chi connectivity index (χ2v) is 8.11. The number of para-hydroxylation sites is 1. The first-order valence-electron chi connectivity index (χ1n) is 10.8. The van der Waals surface area contributed by atoms with Gasteiger partial charge in [-0.1, -0.05) is 12.1 Å². The molecule has 1 aromatic heterocycles. The van der Waals surface area contributed by atoms with E-state index in [1.807, 2.05) is 35.2 Å². The summed E-state index contributed by atoms with van der Waals surface area (Å²) in [5, 5.41) is 4.19. The number of carbonyl (C=O) groups excluding carboxylic acids is 1. The Morgan fingerprint density at radius 1 is 1.09 bits per heavy atom. The summed E-state index contributed by atoms with van der Waals surface area (Å²) in [6.07, 6.45) is 5.36. The largest absolute Gasteiger partial charge is 0.493 e. The fourth-order valence-electron chi connectivity index (χ4n) is 4.83. The summed E-state index contributed by atoms with van der Waals surface area (Å²) in [6, 6.07) is 11.6. The first-order chi connectivity index (χ1) is 15.6. The van der Waals surface area contributed by atoms with Gasteiger partial charge < -0.3 is 19.1 Å². The van der Waals surface area contributed by atoms with Crippen LogP contribution in [0.5, 0.6) is 11.5 Å². The SMILES string of the molecule is COc1cc2c(cc1OC)C1(CCN(C(=O)c3ccccc3-n3cncn3)CC1)OCC2. The third-order valence-electron chi connectivity index (χ3n) is 6.51. The smallest absolute Gasteiger partial charge is 0.256 e. The molecule has 0 saturated carbocycles. The van der Waals surface area contributed by atoms with Gasteiger partial charge in [0.1, 0.15) is 12.7 Å². The van der Waals surface area contributed by atoms with Crippen LogP contribution in [0.1, 0.15) is 34.3 Å². The molecule has 2 aliphatic heterocycles. The minimum Gasteiger partial charge on any atom is -0.493 e. The Kier molecular flexibility index (Phi) is 5.30. The van der Waals surface area contributed by atoms with Gasteiger partial charge in [-0.25, -0.2) is 9.67 Å². The van der Waals surface area contributed by atoms with Crippen LogP contribution in [0.15, 0.2) is 49.1 Å². The van der Waals surface area contributed by atoms with E-state index in [0.717, 1.165) is 36.3 Å². The zero-order chi connectivity index (χ0) is 22.1. The maximum absolute atomic E-state index is 13.4. The molecule has 3 heterocycles. The Bertz CT molecular complexity index is 1120. The highest BCUT2D eigenvalue weighted by Crippen LogP contribution is 2.45. The molecule has 1 amide bonds. The number of rotatable bonds is 4. The van der Waals surface area contributed by atoms with Crippen molar-refractivity contribution < 1.29 is 19.0 Å². The van der Waals surface area contributed by atoms with Crippen molar-refractivity contribution in [2.24, 2.45) is 0 Å². The molecule has 8 nitrogen and oxygen atoms in total. The topological polar surface area (TPSA) is 78.7 Å². The van der Waals surface area contributed by atoms with Crippen LogP contribution in [0.25, 0.3) is 5.69 Å². The van der Waals surface area contributed by atoms with Gasteiger partial charge in [-0.15, -0.1) is 0 Å². The van der Waals surface area contributed by atoms with Crippen molar-refractivity contribution >= 4 is 5.91 Å². The molecule has 166 valence electrons. The van der Waals surface area contributed by atoms with Crippen LogP contribution in [0, 0.1) is 0 Å². The van der Waals surface area contributed by atoms with Crippen molar-refractivity contribution in [3.05, 3.63) is 65.7 Å². The molecule has 0 unspecified atom stereocenters. The van der Waals surface area contributed by atoms with Gasteiger partial charge in [0.25, 0.3) is 5.91 Å². The minimum atomic E-state index is -0.407. The van der Waals surface area contributed by atoms with E-state index in [0.29, 0.717) is 31.0 Å². The molecule has 5 rings (SSSR count). The quantitative estimate of drug-likeness (QED) is 0.628. The predicted octanol–water partition coefficient (Wildman–Crippen LogP) is 2.99.